The normalized spacial score (nSPS) is 15.4. The van der Waals surface area contributed by atoms with Crippen LogP contribution in [0.5, 0.6) is 0 Å². The number of rotatable bonds is 2. The summed E-state index contributed by atoms with van der Waals surface area (Å²) in [5, 5.41) is 11.8. The van der Waals surface area contributed by atoms with Crippen LogP contribution >= 0.6 is 0 Å². The van der Waals surface area contributed by atoms with Gasteiger partial charge in [0.1, 0.15) is 0 Å². The van der Waals surface area contributed by atoms with Gasteiger partial charge in [0.25, 0.3) is 0 Å². The molecule has 4 rings (SSSR count). The third-order valence-corrected chi connectivity index (χ3v) is 4.32. The molecule has 112 valence electrons. The first-order valence-corrected chi connectivity index (χ1v) is 7.68. The summed E-state index contributed by atoms with van der Waals surface area (Å²) < 4.78 is 0. The fourth-order valence-corrected chi connectivity index (χ4v) is 3.12. The molecule has 0 spiro atoms. The Bertz CT molecular complexity index is 802. The molecule has 0 atom stereocenters. The molecule has 0 bridgehead atoms. The maximum absolute atomic E-state index is 4.52. The van der Waals surface area contributed by atoms with Gasteiger partial charge in [-0.3, -0.25) is 10.1 Å². The molecule has 1 aliphatic rings. The van der Waals surface area contributed by atoms with E-state index in [0.29, 0.717) is 0 Å². The minimum Gasteiger partial charge on any atom is -0.368 e. The van der Waals surface area contributed by atoms with Crippen LogP contribution in [-0.4, -0.2) is 41.4 Å². The van der Waals surface area contributed by atoms with Crippen LogP contribution in [-0.2, 0) is 0 Å². The van der Waals surface area contributed by atoms with Crippen LogP contribution in [0, 0.1) is 6.92 Å². The van der Waals surface area contributed by atoms with Crippen molar-refractivity contribution in [3.8, 4) is 11.1 Å². The predicted molar refractivity (Wildman–Crippen MR) is 89.1 cm³/mol. The summed E-state index contributed by atoms with van der Waals surface area (Å²) in [6.07, 6.45) is 3.79. The first-order chi connectivity index (χ1) is 10.8. The van der Waals surface area contributed by atoms with E-state index in [4.69, 9.17) is 0 Å². The monoisotopic (exact) mass is 293 g/mol. The van der Waals surface area contributed by atoms with Gasteiger partial charge in [-0.1, -0.05) is 6.07 Å². The van der Waals surface area contributed by atoms with Crippen molar-refractivity contribution >= 4 is 16.6 Å². The highest BCUT2D eigenvalue weighted by atomic mass is 15.2. The molecule has 0 aliphatic carbocycles. The van der Waals surface area contributed by atoms with Gasteiger partial charge in [-0.2, -0.15) is 5.10 Å². The Hall–Kier alpha value is -2.40. The summed E-state index contributed by atoms with van der Waals surface area (Å²) in [6.45, 7) is 6.18. The van der Waals surface area contributed by atoms with Gasteiger partial charge in [-0.05, 0) is 30.7 Å². The van der Waals surface area contributed by atoms with E-state index in [-0.39, 0.29) is 0 Å². The molecule has 3 aromatic rings. The molecule has 2 N–H and O–H groups in total. The molecule has 1 aromatic carbocycles. The molecule has 22 heavy (non-hydrogen) atoms. The smallest absolute Gasteiger partial charge is 0.0723 e. The average Bonchev–Trinajstić information content (AvgIpc) is 3.01. The summed E-state index contributed by atoms with van der Waals surface area (Å²) in [5.41, 5.74) is 5.74. The van der Waals surface area contributed by atoms with Gasteiger partial charge in [-0.25, -0.2) is 0 Å². The maximum atomic E-state index is 4.52. The van der Waals surface area contributed by atoms with Gasteiger partial charge in [0, 0.05) is 54.7 Å². The Morgan fingerprint density at radius 1 is 1.14 bits per heavy atom. The van der Waals surface area contributed by atoms with Crippen LogP contribution in [0.3, 0.4) is 0 Å². The number of pyridine rings is 1. The lowest BCUT2D eigenvalue weighted by Crippen LogP contribution is -2.43. The number of aromatic amines is 1. The minimum absolute atomic E-state index is 1.03. The van der Waals surface area contributed by atoms with Gasteiger partial charge < -0.3 is 10.2 Å². The highest BCUT2D eigenvalue weighted by molar-refractivity contribution is 5.94. The van der Waals surface area contributed by atoms with E-state index in [2.05, 4.69) is 49.7 Å². The number of nitrogens with one attached hydrogen (secondary N) is 2. The zero-order chi connectivity index (χ0) is 14.9. The lowest BCUT2D eigenvalue weighted by atomic mass is 10.0. The second-order valence-corrected chi connectivity index (χ2v) is 5.71. The molecule has 0 unspecified atom stereocenters. The molecule has 1 fully saturated rings. The summed E-state index contributed by atoms with van der Waals surface area (Å²) >= 11 is 0. The number of hydrogen-bond donors (Lipinski definition) is 2. The second-order valence-electron chi connectivity index (χ2n) is 5.71. The van der Waals surface area contributed by atoms with Crippen molar-refractivity contribution in [1.29, 1.82) is 0 Å². The van der Waals surface area contributed by atoms with Crippen molar-refractivity contribution in [2.24, 2.45) is 0 Å². The van der Waals surface area contributed by atoms with E-state index >= 15 is 0 Å². The predicted octanol–water partition coefficient (Wildman–Crippen LogP) is 2.34. The molecule has 5 nitrogen and oxygen atoms in total. The Balaban J connectivity index is 1.85. The van der Waals surface area contributed by atoms with Crippen LogP contribution in [0.2, 0.25) is 0 Å². The quantitative estimate of drug-likeness (QED) is 0.761. The third-order valence-electron chi connectivity index (χ3n) is 4.32. The topological polar surface area (TPSA) is 56.8 Å². The fraction of sp³-hybridized carbons (Fsp3) is 0.294. The van der Waals surface area contributed by atoms with Crippen LogP contribution in [0.4, 0.5) is 5.69 Å². The average molecular weight is 293 g/mol. The zero-order valence-corrected chi connectivity index (χ0v) is 12.6. The molecular weight excluding hydrogens is 274 g/mol. The molecule has 0 amide bonds. The number of piperazine rings is 1. The number of H-pyrrole nitrogens is 1. The SMILES string of the molecule is Cc1[nH]ncc1-c1ccc2nccc(N3CCNCC3)c2c1. The molecule has 2 aromatic heterocycles. The van der Waals surface area contributed by atoms with Gasteiger partial charge in [0.15, 0.2) is 0 Å². The van der Waals surface area contributed by atoms with Crippen molar-refractivity contribution in [3.05, 3.63) is 42.4 Å². The van der Waals surface area contributed by atoms with Crippen molar-refractivity contribution < 1.29 is 0 Å². The van der Waals surface area contributed by atoms with Crippen LogP contribution in [0.25, 0.3) is 22.0 Å². The Morgan fingerprint density at radius 2 is 2.00 bits per heavy atom. The minimum atomic E-state index is 1.03. The van der Waals surface area contributed by atoms with Gasteiger partial charge in [-0.15, -0.1) is 0 Å². The number of anilines is 1. The van der Waals surface area contributed by atoms with Crippen molar-refractivity contribution in [1.82, 2.24) is 20.5 Å². The van der Waals surface area contributed by atoms with Crippen molar-refractivity contribution in [3.63, 3.8) is 0 Å². The largest absolute Gasteiger partial charge is 0.368 e. The number of benzene rings is 1. The Labute approximate surface area is 129 Å². The summed E-state index contributed by atoms with van der Waals surface area (Å²) in [4.78, 5) is 6.95. The summed E-state index contributed by atoms with van der Waals surface area (Å²) in [5.74, 6) is 0. The Kier molecular flexibility index (Phi) is 3.27. The summed E-state index contributed by atoms with van der Waals surface area (Å²) in [7, 11) is 0. The van der Waals surface area contributed by atoms with Crippen molar-refractivity contribution in [2.75, 3.05) is 31.1 Å². The first-order valence-electron chi connectivity index (χ1n) is 7.68. The molecule has 3 heterocycles. The van der Waals surface area contributed by atoms with E-state index in [9.17, 15) is 0 Å². The molecule has 5 heteroatoms. The maximum Gasteiger partial charge on any atom is 0.0723 e. The van der Waals surface area contributed by atoms with E-state index in [1.165, 1.54) is 16.6 Å². The number of nitrogens with zero attached hydrogens (tertiary/aromatic N) is 3. The van der Waals surface area contributed by atoms with E-state index < -0.39 is 0 Å². The Morgan fingerprint density at radius 3 is 2.77 bits per heavy atom. The number of hydrogen-bond acceptors (Lipinski definition) is 4. The highest BCUT2D eigenvalue weighted by Crippen LogP contribution is 2.31. The second kappa shape index (κ2) is 5.42. The van der Waals surface area contributed by atoms with Crippen LogP contribution in [0.1, 0.15) is 5.69 Å². The zero-order valence-electron chi connectivity index (χ0n) is 12.6. The summed E-state index contributed by atoms with van der Waals surface area (Å²) in [6, 6.07) is 8.58. The first kappa shape index (κ1) is 13.3. The van der Waals surface area contributed by atoms with Crippen LogP contribution in [0.15, 0.2) is 36.7 Å². The number of fused-ring (bicyclic) bond motifs is 1. The molecule has 0 saturated carbocycles. The molecular formula is C17H19N5. The standard InChI is InChI=1S/C17H19N5/c1-12-15(11-20-21-12)13-2-3-16-14(10-13)17(4-5-19-16)22-8-6-18-7-9-22/h2-5,10-11,18H,6-9H2,1H3,(H,20,21). The lowest BCUT2D eigenvalue weighted by Gasteiger charge is -2.30. The van der Waals surface area contributed by atoms with Gasteiger partial charge in [0.2, 0.25) is 0 Å². The van der Waals surface area contributed by atoms with Gasteiger partial charge >= 0.3 is 0 Å². The van der Waals surface area contributed by atoms with Crippen molar-refractivity contribution in [2.45, 2.75) is 6.92 Å². The van der Waals surface area contributed by atoms with E-state index in [1.54, 1.807) is 0 Å². The lowest BCUT2D eigenvalue weighted by molar-refractivity contribution is 0.590. The number of aryl methyl sites for hydroxylation is 1. The molecule has 1 saturated heterocycles. The van der Waals surface area contributed by atoms with Crippen LogP contribution < -0.4 is 10.2 Å². The molecule has 0 radical (unpaired) electrons. The van der Waals surface area contributed by atoms with E-state index in [1.807, 2.05) is 19.3 Å². The van der Waals surface area contributed by atoms with Gasteiger partial charge in [0.05, 0.1) is 11.7 Å². The number of aromatic nitrogens is 3. The highest BCUT2D eigenvalue weighted by Gasteiger charge is 2.14. The fourth-order valence-electron chi connectivity index (χ4n) is 3.12. The van der Waals surface area contributed by atoms with E-state index in [0.717, 1.165) is 43.0 Å². The third kappa shape index (κ3) is 2.23. The molecule has 1 aliphatic heterocycles.